The maximum Gasteiger partial charge on any atom is 0.188 e. The van der Waals surface area contributed by atoms with Crippen molar-refractivity contribution in [3.05, 3.63) is 78.8 Å². The topological polar surface area (TPSA) is 56.5 Å². The third-order valence-electron chi connectivity index (χ3n) is 4.58. The summed E-state index contributed by atoms with van der Waals surface area (Å²) in [7, 11) is 0. The summed E-state index contributed by atoms with van der Waals surface area (Å²) in [5, 5.41) is 8.25. The van der Waals surface area contributed by atoms with E-state index in [0.29, 0.717) is 5.65 Å². The van der Waals surface area contributed by atoms with E-state index in [0.717, 1.165) is 22.2 Å². The number of hydrogen-bond acceptors (Lipinski definition) is 4. The number of fused-ring (bicyclic) bond motifs is 3. The van der Waals surface area contributed by atoms with Crippen LogP contribution in [-0.2, 0) is 0 Å². The van der Waals surface area contributed by atoms with Gasteiger partial charge in [0.25, 0.3) is 0 Å². The molecule has 0 spiro atoms. The van der Waals surface area contributed by atoms with Gasteiger partial charge in [0.1, 0.15) is 17.4 Å². The Labute approximate surface area is 150 Å². The standard InChI is InChI=1S/C21H15N5/c1-14-4-6-15(7-5-14)16-8-10-17(11-9-16)26-18-3-2-12-22-19(18)20-21(26)25-24-13-23-20/h2-13H,1H3. The zero-order valence-corrected chi connectivity index (χ0v) is 14.2. The number of pyridine rings is 1. The molecule has 26 heavy (non-hydrogen) atoms. The van der Waals surface area contributed by atoms with Crippen molar-refractivity contribution in [1.82, 2.24) is 24.7 Å². The molecule has 0 bridgehead atoms. The van der Waals surface area contributed by atoms with Crippen molar-refractivity contribution in [2.45, 2.75) is 6.92 Å². The minimum Gasteiger partial charge on any atom is -0.289 e. The molecule has 5 nitrogen and oxygen atoms in total. The minimum atomic E-state index is 0.712. The van der Waals surface area contributed by atoms with Gasteiger partial charge in [0, 0.05) is 11.9 Å². The van der Waals surface area contributed by atoms with Crippen LogP contribution in [0.2, 0.25) is 0 Å². The number of hydrogen-bond donors (Lipinski definition) is 0. The molecule has 124 valence electrons. The summed E-state index contributed by atoms with van der Waals surface area (Å²) >= 11 is 0. The maximum absolute atomic E-state index is 4.48. The molecule has 0 saturated heterocycles. The molecule has 0 amide bonds. The van der Waals surface area contributed by atoms with Crippen LogP contribution in [0.1, 0.15) is 5.56 Å². The van der Waals surface area contributed by atoms with Crippen LogP contribution in [0.25, 0.3) is 39.0 Å². The van der Waals surface area contributed by atoms with E-state index in [1.807, 2.05) is 12.1 Å². The van der Waals surface area contributed by atoms with Gasteiger partial charge >= 0.3 is 0 Å². The van der Waals surface area contributed by atoms with Crippen molar-refractivity contribution in [2.75, 3.05) is 0 Å². The summed E-state index contributed by atoms with van der Waals surface area (Å²) in [4.78, 5) is 8.85. The van der Waals surface area contributed by atoms with Crippen molar-refractivity contribution in [1.29, 1.82) is 0 Å². The summed E-state index contributed by atoms with van der Waals surface area (Å²) in [5.74, 6) is 0. The maximum atomic E-state index is 4.48. The second kappa shape index (κ2) is 5.74. The van der Waals surface area contributed by atoms with E-state index in [4.69, 9.17) is 0 Å². The third kappa shape index (κ3) is 2.25. The number of rotatable bonds is 2. The average Bonchev–Trinajstić information content (AvgIpc) is 3.03. The molecule has 5 rings (SSSR count). The number of aromatic nitrogens is 5. The van der Waals surface area contributed by atoms with Crippen molar-refractivity contribution in [2.24, 2.45) is 0 Å². The van der Waals surface area contributed by atoms with Gasteiger partial charge in [-0.3, -0.25) is 9.55 Å². The van der Waals surface area contributed by atoms with E-state index in [1.54, 1.807) is 6.20 Å². The van der Waals surface area contributed by atoms with Crippen LogP contribution in [-0.4, -0.2) is 24.7 Å². The average molecular weight is 337 g/mol. The molecule has 0 fully saturated rings. The Balaban J connectivity index is 1.69. The van der Waals surface area contributed by atoms with Crippen LogP contribution < -0.4 is 0 Å². The first-order chi connectivity index (χ1) is 12.8. The number of aryl methyl sites for hydroxylation is 1. The van der Waals surface area contributed by atoms with Gasteiger partial charge in [0.15, 0.2) is 5.65 Å². The number of nitrogens with zero attached hydrogens (tertiary/aromatic N) is 5. The fourth-order valence-electron chi connectivity index (χ4n) is 3.27. The molecule has 0 aliphatic carbocycles. The van der Waals surface area contributed by atoms with Crippen LogP contribution in [0, 0.1) is 6.92 Å². The molecule has 0 aliphatic rings. The van der Waals surface area contributed by atoms with E-state index < -0.39 is 0 Å². The predicted octanol–water partition coefficient (Wildman–Crippen LogP) is 4.34. The summed E-state index contributed by atoms with van der Waals surface area (Å²) in [6.45, 7) is 2.10. The summed E-state index contributed by atoms with van der Waals surface area (Å²) in [6, 6.07) is 20.9. The molecule has 3 heterocycles. The van der Waals surface area contributed by atoms with Gasteiger partial charge in [0.2, 0.25) is 0 Å². The Hall–Kier alpha value is -3.60. The first-order valence-corrected chi connectivity index (χ1v) is 8.41. The van der Waals surface area contributed by atoms with Gasteiger partial charge < -0.3 is 0 Å². The lowest BCUT2D eigenvalue weighted by Crippen LogP contribution is -1.96. The Bertz CT molecular complexity index is 1170. The second-order valence-electron chi connectivity index (χ2n) is 6.25. The summed E-state index contributed by atoms with van der Waals surface area (Å²) in [6.07, 6.45) is 3.23. The van der Waals surface area contributed by atoms with Gasteiger partial charge in [-0.25, -0.2) is 4.98 Å². The fourth-order valence-corrected chi connectivity index (χ4v) is 3.27. The summed E-state index contributed by atoms with van der Waals surface area (Å²) in [5.41, 5.74) is 7.93. The Morgan fingerprint density at radius 3 is 2.27 bits per heavy atom. The normalized spacial score (nSPS) is 11.3. The zero-order valence-electron chi connectivity index (χ0n) is 14.2. The zero-order chi connectivity index (χ0) is 17.5. The highest BCUT2D eigenvalue weighted by Gasteiger charge is 2.15. The van der Waals surface area contributed by atoms with E-state index >= 15 is 0 Å². The molecule has 5 heteroatoms. The fraction of sp³-hybridized carbons (Fsp3) is 0.0476. The van der Waals surface area contributed by atoms with Crippen LogP contribution in [0.5, 0.6) is 0 Å². The molecule has 0 unspecified atom stereocenters. The van der Waals surface area contributed by atoms with Crippen LogP contribution in [0.3, 0.4) is 0 Å². The highest BCUT2D eigenvalue weighted by atomic mass is 15.2. The largest absolute Gasteiger partial charge is 0.289 e. The van der Waals surface area contributed by atoms with E-state index in [9.17, 15) is 0 Å². The second-order valence-corrected chi connectivity index (χ2v) is 6.25. The van der Waals surface area contributed by atoms with E-state index in [-0.39, 0.29) is 0 Å². The lowest BCUT2D eigenvalue weighted by atomic mass is 10.0. The molecule has 0 aliphatic heterocycles. The molecule has 0 radical (unpaired) electrons. The van der Waals surface area contributed by atoms with Gasteiger partial charge in [-0.05, 0) is 42.3 Å². The lowest BCUT2D eigenvalue weighted by Gasteiger charge is -2.08. The van der Waals surface area contributed by atoms with Crippen molar-refractivity contribution < 1.29 is 0 Å². The molecule has 0 atom stereocenters. The van der Waals surface area contributed by atoms with E-state index in [1.165, 1.54) is 23.0 Å². The predicted molar refractivity (Wildman–Crippen MR) is 102 cm³/mol. The van der Waals surface area contributed by atoms with Gasteiger partial charge in [-0.2, -0.15) is 0 Å². The smallest absolute Gasteiger partial charge is 0.188 e. The highest BCUT2D eigenvalue weighted by molar-refractivity contribution is 6.02. The molecule has 5 aromatic rings. The van der Waals surface area contributed by atoms with Gasteiger partial charge in [-0.1, -0.05) is 42.0 Å². The van der Waals surface area contributed by atoms with Crippen LogP contribution in [0.15, 0.2) is 73.2 Å². The third-order valence-corrected chi connectivity index (χ3v) is 4.58. The van der Waals surface area contributed by atoms with Crippen molar-refractivity contribution >= 4 is 22.2 Å². The molecule has 2 aromatic carbocycles. The summed E-state index contributed by atoms with van der Waals surface area (Å²) < 4.78 is 2.05. The molecular formula is C21H15N5. The Morgan fingerprint density at radius 1 is 0.769 bits per heavy atom. The molecular weight excluding hydrogens is 322 g/mol. The molecule has 0 N–H and O–H groups in total. The Kier molecular flexibility index (Phi) is 3.25. The van der Waals surface area contributed by atoms with Gasteiger partial charge in [0.05, 0.1) is 5.52 Å². The Morgan fingerprint density at radius 2 is 1.50 bits per heavy atom. The van der Waals surface area contributed by atoms with Crippen LogP contribution in [0.4, 0.5) is 0 Å². The number of benzene rings is 2. The molecule has 3 aromatic heterocycles. The van der Waals surface area contributed by atoms with Crippen molar-refractivity contribution in [3.8, 4) is 16.8 Å². The first-order valence-electron chi connectivity index (χ1n) is 8.41. The van der Waals surface area contributed by atoms with Gasteiger partial charge in [-0.15, -0.1) is 10.2 Å². The lowest BCUT2D eigenvalue weighted by molar-refractivity contribution is 0.984. The SMILES string of the molecule is Cc1ccc(-c2ccc(-n3c4cccnc4c4ncnnc43)cc2)cc1. The van der Waals surface area contributed by atoms with E-state index in [2.05, 4.69) is 80.2 Å². The monoisotopic (exact) mass is 337 g/mol. The minimum absolute atomic E-state index is 0.712. The highest BCUT2D eigenvalue weighted by Crippen LogP contribution is 2.28. The molecule has 0 saturated carbocycles. The first kappa shape index (κ1) is 14.7. The quantitative estimate of drug-likeness (QED) is 0.481. The van der Waals surface area contributed by atoms with Crippen molar-refractivity contribution in [3.63, 3.8) is 0 Å². The van der Waals surface area contributed by atoms with Crippen LogP contribution >= 0.6 is 0 Å².